The highest BCUT2D eigenvalue weighted by atomic mass is 32.2. The van der Waals surface area contributed by atoms with E-state index in [1.807, 2.05) is 4.98 Å². The number of rotatable bonds is 5. The van der Waals surface area contributed by atoms with Crippen molar-refractivity contribution in [3.05, 3.63) is 65.7 Å². The molecular weight excluding hydrogens is 530 g/mol. The molecule has 0 aliphatic carbocycles. The summed E-state index contributed by atoms with van der Waals surface area (Å²) in [6, 6.07) is 1.03. The molecular formula is C21H25N5O11S. The Morgan fingerprint density at radius 2 is 1.53 bits per heavy atom. The van der Waals surface area contributed by atoms with Crippen LogP contribution in [0.2, 0.25) is 0 Å². The van der Waals surface area contributed by atoms with Gasteiger partial charge in [-0.15, -0.1) is 11.8 Å². The number of carbonyl (C=O) groups excluding carboxylic acids is 1. The number of hydrogen-bond donors (Lipinski definition) is 6. The average molecular weight is 556 g/mol. The monoisotopic (exact) mass is 555 g/mol. The van der Waals surface area contributed by atoms with Crippen LogP contribution < -0.4 is 22.5 Å². The molecule has 0 radical (unpaired) electrons. The summed E-state index contributed by atoms with van der Waals surface area (Å²) < 4.78 is 13.3. The third-order valence-corrected chi connectivity index (χ3v) is 8.02. The summed E-state index contributed by atoms with van der Waals surface area (Å²) in [5.74, 6) is -0.480. The molecule has 38 heavy (non-hydrogen) atoms. The number of carbonyl (C=O) groups is 1. The van der Waals surface area contributed by atoms with Gasteiger partial charge in [-0.25, -0.2) is 9.59 Å². The number of amides is 1. The van der Waals surface area contributed by atoms with Crippen LogP contribution in [0.1, 0.15) is 24.4 Å². The normalized spacial score (nSPS) is 35.3. The van der Waals surface area contributed by atoms with Crippen LogP contribution in [-0.4, -0.2) is 98.2 Å². The van der Waals surface area contributed by atoms with Crippen LogP contribution in [0, 0.1) is 6.92 Å². The third-order valence-electron chi connectivity index (χ3n) is 6.80. The molecule has 0 aromatic carbocycles. The predicted octanol–water partition coefficient (Wildman–Crippen LogP) is -4.12. The number of aliphatic hydroxyl groups excluding tert-OH is 4. The van der Waals surface area contributed by atoms with Gasteiger partial charge in [-0.3, -0.25) is 33.5 Å². The van der Waals surface area contributed by atoms with Gasteiger partial charge in [0.25, 0.3) is 11.1 Å². The van der Waals surface area contributed by atoms with Crippen LogP contribution in [0.15, 0.2) is 37.6 Å². The first-order chi connectivity index (χ1) is 18.0. The molecule has 3 aliphatic rings. The molecule has 17 heteroatoms. The maximum absolute atomic E-state index is 12.8. The molecule has 1 amide bonds. The Labute approximate surface area is 216 Å². The largest absolute Gasteiger partial charge is 0.388 e. The molecule has 9 atom stereocenters. The summed E-state index contributed by atoms with van der Waals surface area (Å²) in [5.41, 5.74) is -2.82. The Morgan fingerprint density at radius 3 is 2.24 bits per heavy atom. The first-order valence-corrected chi connectivity index (χ1v) is 12.6. The van der Waals surface area contributed by atoms with Gasteiger partial charge in [-0.2, -0.15) is 0 Å². The fourth-order valence-electron chi connectivity index (χ4n) is 4.83. The van der Waals surface area contributed by atoms with E-state index in [1.54, 1.807) is 0 Å². The van der Waals surface area contributed by atoms with Crippen LogP contribution in [0.3, 0.4) is 0 Å². The zero-order valence-electron chi connectivity index (χ0n) is 19.7. The molecule has 0 saturated carbocycles. The molecule has 2 aromatic heterocycles. The topological polar surface area (TPSA) is 229 Å². The van der Waals surface area contributed by atoms with E-state index in [1.165, 1.54) is 18.0 Å². The smallest absolute Gasteiger partial charge is 0.330 e. The first kappa shape index (κ1) is 26.5. The van der Waals surface area contributed by atoms with E-state index in [-0.39, 0.29) is 17.7 Å². The molecule has 3 saturated heterocycles. The predicted molar refractivity (Wildman–Crippen MR) is 127 cm³/mol. The Bertz CT molecular complexity index is 1470. The van der Waals surface area contributed by atoms with Crippen molar-refractivity contribution in [1.82, 2.24) is 24.0 Å². The second kappa shape index (κ2) is 9.92. The van der Waals surface area contributed by atoms with E-state index in [9.17, 15) is 44.4 Å². The SMILES string of the molecule is Cc1cn([C@@H]2O[C@H](C[C@H]3SCC(=O)N3[C@H]3O[C@@H](n4ccc(=O)[nH]c4=O)[C@H](O)[C@@H]3O)[C@@H](O)[C@H]2O)c(=O)[nH]c1=O. The van der Waals surface area contributed by atoms with E-state index in [0.29, 0.717) is 0 Å². The number of aromatic nitrogens is 4. The van der Waals surface area contributed by atoms with E-state index in [4.69, 9.17) is 9.47 Å². The van der Waals surface area contributed by atoms with E-state index < -0.39 is 83.0 Å². The summed E-state index contributed by atoms with van der Waals surface area (Å²) in [5, 5.41) is 41.8. The molecule has 0 unspecified atom stereocenters. The van der Waals surface area contributed by atoms with Crippen molar-refractivity contribution in [2.24, 2.45) is 0 Å². The van der Waals surface area contributed by atoms with Crippen molar-refractivity contribution in [2.75, 3.05) is 5.75 Å². The van der Waals surface area contributed by atoms with Crippen molar-refractivity contribution in [3.8, 4) is 0 Å². The number of H-pyrrole nitrogens is 2. The summed E-state index contributed by atoms with van der Waals surface area (Å²) in [6.45, 7) is 1.46. The maximum Gasteiger partial charge on any atom is 0.330 e. The molecule has 3 fully saturated rings. The lowest BCUT2D eigenvalue weighted by molar-refractivity contribution is -0.154. The Balaban J connectivity index is 1.36. The summed E-state index contributed by atoms with van der Waals surface area (Å²) in [6.07, 6.45) is -9.21. The number of nitrogens with one attached hydrogen (secondary N) is 2. The van der Waals surface area contributed by atoms with Crippen LogP contribution in [0.4, 0.5) is 0 Å². The highest BCUT2D eigenvalue weighted by molar-refractivity contribution is 8.01. The number of aromatic amines is 2. The van der Waals surface area contributed by atoms with E-state index in [0.717, 1.165) is 33.2 Å². The van der Waals surface area contributed by atoms with Crippen LogP contribution in [-0.2, 0) is 14.3 Å². The lowest BCUT2D eigenvalue weighted by Gasteiger charge is -2.32. The zero-order chi connectivity index (χ0) is 27.5. The van der Waals surface area contributed by atoms with Gasteiger partial charge in [-0.05, 0) is 6.92 Å². The number of thioether (sulfide) groups is 1. The summed E-state index contributed by atoms with van der Waals surface area (Å²) >= 11 is 1.14. The zero-order valence-corrected chi connectivity index (χ0v) is 20.6. The standard InChI is InChI=1S/C21H25N5O11S/c1-7-5-25(21(35)23-16(7)33)18-13(30)12(29)8(36-18)4-11-26(10(28)6-38-11)19-15(32)14(31)17(37-19)24-3-2-9(27)22-20(24)34/h2-3,5,8,11-15,17-19,29-32H,4,6H2,1H3,(H,22,27,34)(H,23,33,35)/t8-,11-,12-,13-,14-,15+,17-,18-,19+/m1/s1. The molecule has 5 rings (SSSR count). The van der Waals surface area contributed by atoms with E-state index >= 15 is 0 Å². The highest BCUT2D eigenvalue weighted by Gasteiger charge is 2.53. The second-order valence-corrected chi connectivity index (χ2v) is 10.4. The highest BCUT2D eigenvalue weighted by Crippen LogP contribution is 2.40. The molecule has 2 aromatic rings. The number of hydrogen-bond acceptors (Lipinski definition) is 12. The molecule has 0 spiro atoms. The molecule has 16 nitrogen and oxygen atoms in total. The average Bonchev–Trinajstić information content (AvgIpc) is 3.46. The number of aliphatic hydroxyl groups is 4. The Kier molecular flexibility index (Phi) is 6.93. The van der Waals surface area contributed by atoms with Crippen LogP contribution in [0.5, 0.6) is 0 Å². The Hall–Kier alpha value is -3.06. The molecule has 6 N–H and O–H groups in total. The van der Waals surface area contributed by atoms with Gasteiger partial charge in [0.15, 0.2) is 18.7 Å². The van der Waals surface area contributed by atoms with Gasteiger partial charge < -0.3 is 34.8 Å². The molecule has 5 heterocycles. The number of ether oxygens (including phenoxy) is 2. The van der Waals surface area contributed by atoms with Gasteiger partial charge in [0.05, 0.1) is 17.2 Å². The fraction of sp³-hybridized carbons (Fsp3) is 0.571. The number of aryl methyl sites for hydroxylation is 1. The van der Waals surface area contributed by atoms with Crippen molar-refractivity contribution >= 4 is 17.7 Å². The quantitative estimate of drug-likeness (QED) is 0.207. The van der Waals surface area contributed by atoms with Crippen molar-refractivity contribution in [3.63, 3.8) is 0 Å². The van der Waals surface area contributed by atoms with Crippen molar-refractivity contribution < 1.29 is 34.7 Å². The summed E-state index contributed by atoms with van der Waals surface area (Å²) in [4.78, 5) is 65.6. The van der Waals surface area contributed by atoms with Crippen LogP contribution >= 0.6 is 11.8 Å². The fourth-order valence-corrected chi connectivity index (χ4v) is 6.04. The Morgan fingerprint density at radius 1 is 0.895 bits per heavy atom. The molecule has 0 bridgehead atoms. The molecule has 206 valence electrons. The maximum atomic E-state index is 12.8. The summed E-state index contributed by atoms with van der Waals surface area (Å²) in [7, 11) is 0. The van der Waals surface area contributed by atoms with Crippen molar-refractivity contribution in [2.45, 2.75) is 67.9 Å². The minimum Gasteiger partial charge on any atom is -0.388 e. The first-order valence-electron chi connectivity index (χ1n) is 11.6. The van der Waals surface area contributed by atoms with Crippen LogP contribution in [0.25, 0.3) is 0 Å². The minimum absolute atomic E-state index is 0.0238. The minimum atomic E-state index is -1.63. The lowest BCUT2D eigenvalue weighted by Crippen LogP contribution is -2.49. The van der Waals surface area contributed by atoms with Gasteiger partial charge >= 0.3 is 11.4 Å². The second-order valence-electron chi connectivity index (χ2n) is 9.24. The van der Waals surface area contributed by atoms with Gasteiger partial charge in [0, 0.05) is 30.4 Å². The lowest BCUT2D eigenvalue weighted by atomic mass is 10.1. The number of nitrogens with zero attached hydrogens (tertiary/aromatic N) is 3. The van der Waals surface area contributed by atoms with E-state index in [2.05, 4.69) is 4.98 Å². The van der Waals surface area contributed by atoms with Gasteiger partial charge in [-0.1, -0.05) is 0 Å². The third kappa shape index (κ3) is 4.45. The molecule has 3 aliphatic heterocycles. The van der Waals surface area contributed by atoms with Gasteiger partial charge in [0.1, 0.15) is 24.4 Å². The van der Waals surface area contributed by atoms with Gasteiger partial charge in [0.2, 0.25) is 5.91 Å². The van der Waals surface area contributed by atoms with Crippen molar-refractivity contribution in [1.29, 1.82) is 0 Å².